The highest BCUT2D eigenvalue weighted by Gasteiger charge is 2.25. The van der Waals surface area contributed by atoms with Gasteiger partial charge in [-0.05, 0) is 25.8 Å². The summed E-state index contributed by atoms with van der Waals surface area (Å²) in [5, 5.41) is 11.0. The number of benzene rings is 1. The van der Waals surface area contributed by atoms with Gasteiger partial charge in [-0.2, -0.15) is 5.10 Å². The Hall–Kier alpha value is -3.36. The van der Waals surface area contributed by atoms with E-state index in [1.807, 2.05) is 24.3 Å². The fourth-order valence-electron chi connectivity index (χ4n) is 3.92. The van der Waals surface area contributed by atoms with Crippen molar-refractivity contribution >= 4 is 33.8 Å². The first-order chi connectivity index (χ1) is 14.1. The zero-order chi connectivity index (χ0) is 20.4. The number of carbonyl (C=O) groups excluding carboxylic acids is 2. The lowest BCUT2D eigenvalue weighted by atomic mass is 10.1. The van der Waals surface area contributed by atoms with Crippen LogP contribution in [0.2, 0.25) is 0 Å². The van der Waals surface area contributed by atoms with Gasteiger partial charge < -0.3 is 19.5 Å². The normalized spacial score (nSPS) is 15.0. The van der Waals surface area contributed by atoms with E-state index in [9.17, 15) is 14.4 Å². The van der Waals surface area contributed by atoms with E-state index >= 15 is 0 Å². The number of rotatable bonds is 4. The average molecular weight is 397 g/mol. The van der Waals surface area contributed by atoms with Crippen LogP contribution in [0, 0.1) is 0 Å². The van der Waals surface area contributed by atoms with Crippen molar-refractivity contribution in [3.05, 3.63) is 40.8 Å². The lowest BCUT2D eigenvalue weighted by molar-refractivity contribution is -0.122. The van der Waals surface area contributed by atoms with Crippen molar-refractivity contribution in [1.82, 2.24) is 25.0 Å². The van der Waals surface area contributed by atoms with Crippen molar-refractivity contribution in [3.63, 3.8) is 0 Å². The average Bonchev–Trinajstić information content (AvgIpc) is 3.04. The number of ether oxygens (including phenoxy) is 1. The standard InChI is InChI=1S/C20H23N5O4/c1-2-29-20(28)24-9-7-13(8-10-24)22-17(26)12-25-16-6-4-3-5-14(16)15-11-21-23-19(27)18(15)25/h3-6,11,13H,2,7-10,12H2,1H3,(H,22,26)(H,23,27). The SMILES string of the molecule is CCOC(=O)N1CCC(NC(=O)Cn2c3ccccc3c3cn[nH]c(=O)c32)CC1. The summed E-state index contributed by atoms with van der Waals surface area (Å²) in [4.78, 5) is 38.6. The van der Waals surface area contributed by atoms with Crippen LogP contribution in [-0.4, -0.2) is 57.4 Å². The summed E-state index contributed by atoms with van der Waals surface area (Å²) in [6.45, 7) is 3.26. The number of hydrogen-bond donors (Lipinski definition) is 2. The quantitative estimate of drug-likeness (QED) is 0.695. The molecule has 9 nitrogen and oxygen atoms in total. The highest BCUT2D eigenvalue weighted by Crippen LogP contribution is 2.25. The number of H-pyrrole nitrogens is 1. The maximum atomic E-state index is 12.7. The summed E-state index contributed by atoms with van der Waals surface area (Å²) < 4.78 is 6.75. The van der Waals surface area contributed by atoms with E-state index in [4.69, 9.17) is 4.74 Å². The van der Waals surface area contributed by atoms with Crippen LogP contribution in [0.3, 0.4) is 0 Å². The van der Waals surface area contributed by atoms with E-state index < -0.39 is 0 Å². The molecule has 9 heteroatoms. The van der Waals surface area contributed by atoms with Crippen molar-refractivity contribution in [2.75, 3.05) is 19.7 Å². The number of amides is 2. The summed E-state index contributed by atoms with van der Waals surface area (Å²) in [5.41, 5.74) is 0.927. The summed E-state index contributed by atoms with van der Waals surface area (Å²) >= 11 is 0. The molecule has 0 unspecified atom stereocenters. The van der Waals surface area contributed by atoms with Crippen LogP contribution in [0.15, 0.2) is 35.3 Å². The van der Waals surface area contributed by atoms with Crippen molar-refractivity contribution in [2.45, 2.75) is 32.4 Å². The molecule has 2 amide bonds. The zero-order valence-corrected chi connectivity index (χ0v) is 16.2. The Morgan fingerprint density at radius 1 is 1.24 bits per heavy atom. The smallest absolute Gasteiger partial charge is 0.409 e. The fraction of sp³-hybridized carbons (Fsp3) is 0.400. The van der Waals surface area contributed by atoms with Crippen molar-refractivity contribution in [2.24, 2.45) is 0 Å². The number of aromatic amines is 1. The van der Waals surface area contributed by atoms with Crippen LogP contribution < -0.4 is 10.9 Å². The summed E-state index contributed by atoms with van der Waals surface area (Å²) in [5.74, 6) is -0.168. The summed E-state index contributed by atoms with van der Waals surface area (Å²) in [7, 11) is 0. The second-order valence-electron chi connectivity index (χ2n) is 7.09. The largest absolute Gasteiger partial charge is 0.450 e. The van der Waals surface area contributed by atoms with E-state index in [2.05, 4.69) is 15.5 Å². The Kier molecular flexibility index (Phi) is 5.20. The molecule has 152 valence electrons. The van der Waals surface area contributed by atoms with Gasteiger partial charge in [0.25, 0.3) is 5.56 Å². The molecule has 1 saturated heterocycles. The molecule has 0 spiro atoms. The Bertz CT molecular complexity index is 1110. The van der Waals surface area contributed by atoms with E-state index in [1.165, 1.54) is 0 Å². The molecule has 2 aromatic heterocycles. The molecule has 1 fully saturated rings. The van der Waals surface area contributed by atoms with Crippen molar-refractivity contribution in [3.8, 4) is 0 Å². The molecule has 3 aromatic rings. The van der Waals surface area contributed by atoms with Crippen LogP contribution in [0.1, 0.15) is 19.8 Å². The van der Waals surface area contributed by atoms with Crippen LogP contribution in [0.5, 0.6) is 0 Å². The fourth-order valence-corrected chi connectivity index (χ4v) is 3.92. The monoisotopic (exact) mass is 397 g/mol. The van der Waals surface area contributed by atoms with Gasteiger partial charge >= 0.3 is 6.09 Å². The minimum Gasteiger partial charge on any atom is -0.450 e. The summed E-state index contributed by atoms with van der Waals surface area (Å²) in [6.07, 6.45) is 2.64. The van der Waals surface area contributed by atoms with E-state index in [-0.39, 0.29) is 30.1 Å². The van der Waals surface area contributed by atoms with E-state index in [0.29, 0.717) is 38.1 Å². The maximum absolute atomic E-state index is 12.7. The Labute approximate surface area is 166 Å². The third-order valence-corrected chi connectivity index (χ3v) is 5.27. The second kappa shape index (κ2) is 7.94. The first-order valence-corrected chi connectivity index (χ1v) is 9.74. The molecule has 4 rings (SSSR count). The highest BCUT2D eigenvalue weighted by atomic mass is 16.6. The topological polar surface area (TPSA) is 109 Å². The van der Waals surface area contributed by atoms with Crippen LogP contribution >= 0.6 is 0 Å². The molecule has 29 heavy (non-hydrogen) atoms. The van der Waals surface area contributed by atoms with Crippen LogP contribution in [0.4, 0.5) is 4.79 Å². The number of aromatic nitrogens is 3. The van der Waals surface area contributed by atoms with Crippen molar-refractivity contribution < 1.29 is 14.3 Å². The zero-order valence-electron chi connectivity index (χ0n) is 16.2. The molecule has 2 N–H and O–H groups in total. The maximum Gasteiger partial charge on any atom is 0.409 e. The molecular formula is C20H23N5O4. The van der Waals surface area contributed by atoms with Gasteiger partial charge in [0.1, 0.15) is 12.1 Å². The van der Waals surface area contributed by atoms with Gasteiger partial charge in [0.05, 0.1) is 12.8 Å². The first kappa shape index (κ1) is 19.0. The third-order valence-electron chi connectivity index (χ3n) is 5.27. The molecule has 0 saturated carbocycles. The summed E-state index contributed by atoms with van der Waals surface area (Å²) in [6, 6.07) is 7.56. The number of para-hydroxylation sites is 1. The van der Waals surface area contributed by atoms with Gasteiger partial charge in [0.2, 0.25) is 5.91 Å². The molecule has 1 aliphatic rings. The number of hydrogen-bond acceptors (Lipinski definition) is 5. The Morgan fingerprint density at radius 3 is 2.76 bits per heavy atom. The van der Waals surface area contributed by atoms with Gasteiger partial charge in [0.15, 0.2) is 0 Å². The molecule has 0 atom stereocenters. The Morgan fingerprint density at radius 2 is 2.00 bits per heavy atom. The number of carbonyl (C=O) groups is 2. The van der Waals surface area contributed by atoms with Crippen molar-refractivity contribution in [1.29, 1.82) is 0 Å². The lowest BCUT2D eigenvalue weighted by Crippen LogP contribution is -2.47. The minimum atomic E-state index is -0.325. The second-order valence-corrected chi connectivity index (χ2v) is 7.09. The van der Waals surface area contributed by atoms with Gasteiger partial charge in [-0.1, -0.05) is 18.2 Å². The molecule has 3 heterocycles. The molecule has 0 radical (unpaired) electrons. The molecule has 1 aromatic carbocycles. The number of nitrogens with one attached hydrogen (secondary N) is 2. The molecule has 1 aliphatic heterocycles. The van der Waals surface area contributed by atoms with E-state index in [0.717, 1.165) is 16.3 Å². The third kappa shape index (κ3) is 3.67. The number of fused-ring (bicyclic) bond motifs is 3. The number of nitrogens with zero attached hydrogens (tertiary/aromatic N) is 3. The van der Waals surface area contributed by atoms with Gasteiger partial charge in [0, 0.05) is 35.4 Å². The van der Waals surface area contributed by atoms with Gasteiger partial charge in [-0.15, -0.1) is 0 Å². The molecular weight excluding hydrogens is 374 g/mol. The predicted octanol–water partition coefficient (Wildman–Crippen LogP) is 1.61. The van der Waals surface area contributed by atoms with E-state index in [1.54, 1.807) is 22.6 Å². The van der Waals surface area contributed by atoms with Gasteiger partial charge in [-0.3, -0.25) is 9.59 Å². The first-order valence-electron chi connectivity index (χ1n) is 9.74. The predicted molar refractivity (Wildman–Crippen MR) is 108 cm³/mol. The number of piperidine rings is 1. The molecule has 0 aliphatic carbocycles. The minimum absolute atomic E-state index is 0.0128. The lowest BCUT2D eigenvalue weighted by Gasteiger charge is -2.31. The Balaban J connectivity index is 1.49. The van der Waals surface area contributed by atoms with Gasteiger partial charge in [-0.25, -0.2) is 9.89 Å². The number of likely N-dealkylation sites (tertiary alicyclic amines) is 1. The van der Waals surface area contributed by atoms with Crippen LogP contribution in [-0.2, 0) is 16.1 Å². The highest BCUT2D eigenvalue weighted by molar-refractivity contribution is 6.07. The van der Waals surface area contributed by atoms with Crippen LogP contribution in [0.25, 0.3) is 21.8 Å². The molecule has 0 bridgehead atoms.